The van der Waals surface area contributed by atoms with Crippen LogP contribution in [0.4, 0.5) is 10.6 Å². The summed E-state index contributed by atoms with van der Waals surface area (Å²) in [6, 6.07) is 8.31. The molecule has 262 valence electrons. The molecule has 1 amide bonds. The smallest absolute Gasteiger partial charge is 0.407 e. The van der Waals surface area contributed by atoms with Gasteiger partial charge in [-0.1, -0.05) is 39.3 Å². The van der Waals surface area contributed by atoms with E-state index < -0.39 is 22.2 Å². The normalized spacial score (nSPS) is 21.2. The van der Waals surface area contributed by atoms with Crippen molar-refractivity contribution in [2.45, 2.75) is 108 Å². The van der Waals surface area contributed by atoms with Crippen molar-refractivity contribution in [3.63, 3.8) is 0 Å². The second-order valence-electron chi connectivity index (χ2n) is 16.5. The van der Waals surface area contributed by atoms with Crippen LogP contribution in [0, 0.1) is 5.92 Å². The van der Waals surface area contributed by atoms with Crippen molar-refractivity contribution in [1.82, 2.24) is 24.5 Å². The first-order chi connectivity index (χ1) is 22.8. The van der Waals surface area contributed by atoms with E-state index in [0.29, 0.717) is 38.5 Å². The topological polar surface area (TPSA) is 115 Å². The van der Waals surface area contributed by atoms with Crippen molar-refractivity contribution in [3.8, 4) is 17.0 Å². The van der Waals surface area contributed by atoms with Crippen LogP contribution in [0.2, 0.25) is 51.4 Å². The number of ether oxygens (including phenoxy) is 3. The van der Waals surface area contributed by atoms with Crippen LogP contribution in [-0.4, -0.2) is 97.2 Å². The van der Waals surface area contributed by atoms with Crippen molar-refractivity contribution in [3.05, 3.63) is 36.3 Å². The Balaban J connectivity index is 1.33. The Labute approximate surface area is 287 Å². The van der Waals surface area contributed by atoms with E-state index in [1.54, 1.807) is 4.90 Å². The lowest BCUT2D eigenvalue weighted by Gasteiger charge is -2.37. The molecular formula is C35H54N6O5Si2. The van der Waals surface area contributed by atoms with E-state index >= 15 is 0 Å². The zero-order chi connectivity index (χ0) is 34.1. The third kappa shape index (κ3) is 8.77. The maximum absolute atomic E-state index is 12.1. The molecule has 1 N–H and O–H groups in total. The van der Waals surface area contributed by atoms with Crippen molar-refractivity contribution >= 4 is 33.7 Å². The van der Waals surface area contributed by atoms with E-state index in [1.165, 1.54) is 12.8 Å². The van der Waals surface area contributed by atoms with Crippen molar-refractivity contribution in [1.29, 1.82) is 0 Å². The summed E-state index contributed by atoms with van der Waals surface area (Å²) in [5, 5.41) is 14.8. The highest BCUT2D eigenvalue weighted by Crippen LogP contribution is 2.43. The van der Waals surface area contributed by atoms with Crippen LogP contribution < -0.4 is 9.64 Å². The number of nitrogens with zero attached hydrogens (tertiary/aromatic N) is 6. The molecule has 0 unspecified atom stereocenters. The predicted molar refractivity (Wildman–Crippen MR) is 194 cm³/mol. The molecule has 3 atom stereocenters. The Kier molecular flexibility index (Phi) is 10.5. The summed E-state index contributed by atoms with van der Waals surface area (Å²) in [7, 11) is -2.52. The zero-order valence-electron chi connectivity index (χ0n) is 29.7. The highest BCUT2D eigenvalue weighted by Gasteiger charge is 2.44. The standard InChI is InChI=1S/C35H54N6O5Si2/c1-47(2,3)15-13-44-23-39(24-45-14-16-48(4,5)6)33-19-31(27-17-28-10-11-29(18-27)40(28)35(42)43)38-34-30(21-37-41(33)34)26-9-12-32(36-20-26)46-22-25-7-8-25/h9,12,19-21,25,27-29H,7-8,10-11,13-18,22-24H2,1-6H3,(H,42,43)/t27-,28-,29+. The minimum absolute atomic E-state index is 0.0235. The molecule has 2 saturated heterocycles. The minimum Gasteiger partial charge on any atom is -0.477 e. The van der Waals surface area contributed by atoms with Crippen LogP contribution in [0.3, 0.4) is 0 Å². The van der Waals surface area contributed by atoms with Gasteiger partial charge in [-0.25, -0.2) is 14.8 Å². The van der Waals surface area contributed by atoms with Crippen LogP contribution in [0.1, 0.15) is 50.1 Å². The molecule has 0 aromatic carbocycles. The Morgan fingerprint density at radius 2 is 1.58 bits per heavy atom. The van der Waals surface area contributed by atoms with Gasteiger partial charge in [-0.3, -0.25) is 0 Å². The maximum Gasteiger partial charge on any atom is 0.407 e. The van der Waals surface area contributed by atoms with Gasteiger partial charge in [-0.15, -0.1) is 0 Å². The summed E-state index contributed by atoms with van der Waals surface area (Å²) in [6.45, 7) is 17.0. The summed E-state index contributed by atoms with van der Waals surface area (Å²) in [4.78, 5) is 25.8. The van der Waals surface area contributed by atoms with Gasteiger partial charge in [0.1, 0.15) is 19.3 Å². The number of carbonyl (C=O) groups is 1. The summed E-state index contributed by atoms with van der Waals surface area (Å²) in [5.74, 6) is 2.30. The fourth-order valence-electron chi connectivity index (χ4n) is 6.72. The first-order valence-electron chi connectivity index (χ1n) is 17.7. The van der Waals surface area contributed by atoms with Crippen LogP contribution in [0.5, 0.6) is 5.88 Å². The van der Waals surface area contributed by atoms with Gasteiger partial charge in [0.2, 0.25) is 5.88 Å². The molecule has 1 aliphatic carbocycles. The zero-order valence-corrected chi connectivity index (χ0v) is 31.7. The number of amides is 1. The molecule has 6 rings (SSSR count). The van der Waals surface area contributed by atoms with Gasteiger partial charge >= 0.3 is 6.09 Å². The highest BCUT2D eigenvalue weighted by molar-refractivity contribution is 6.76. The number of piperidine rings is 1. The Morgan fingerprint density at radius 1 is 0.938 bits per heavy atom. The molecule has 1 saturated carbocycles. The maximum atomic E-state index is 12.1. The average molecular weight is 695 g/mol. The first kappa shape index (κ1) is 34.8. The second kappa shape index (κ2) is 14.5. The SMILES string of the molecule is C[Si](C)(C)CCOCN(COCC[Si](C)(C)C)c1cc([C@@H]2C[C@H]3CC[C@@H](C2)N3C(=O)O)nc2c(-c3ccc(OCC4CC4)nc3)cnn12. The van der Waals surface area contributed by atoms with Gasteiger partial charge in [0, 0.05) is 82.5 Å². The molecule has 2 bridgehead atoms. The molecule has 48 heavy (non-hydrogen) atoms. The van der Waals surface area contributed by atoms with Gasteiger partial charge in [0.25, 0.3) is 0 Å². The van der Waals surface area contributed by atoms with E-state index in [-0.39, 0.29) is 18.0 Å². The number of hydrogen-bond donors (Lipinski definition) is 1. The largest absolute Gasteiger partial charge is 0.477 e. The molecule has 3 aromatic rings. The van der Waals surface area contributed by atoms with Crippen LogP contribution in [-0.2, 0) is 9.47 Å². The first-order valence-corrected chi connectivity index (χ1v) is 25.2. The molecular weight excluding hydrogens is 641 g/mol. The third-order valence-corrected chi connectivity index (χ3v) is 13.3. The number of anilines is 1. The van der Waals surface area contributed by atoms with Gasteiger partial charge < -0.3 is 29.1 Å². The summed E-state index contributed by atoms with van der Waals surface area (Å²) >= 11 is 0. The Bertz CT molecular complexity index is 1520. The van der Waals surface area contributed by atoms with Crippen molar-refractivity contribution < 1.29 is 24.1 Å². The highest BCUT2D eigenvalue weighted by atomic mass is 28.3. The Morgan fingerprint density at radius 3 is 2.12 bits per heavy atom. The van der Waals surface area contributed by atoms with Crippen molar-refractivity contribution in [2.75, 3.05) is 38.2 Å². The molecule has 5 heterocycles. The lowest BCUT2D eigenvalue weighted by Crippen LogP contribution is -2.45. The summed E-state index contributed by atoms with van der Waals surface area (Å²) in [6.07, 6.45) is 8.71. The quantitative estimate of drug-likeness (QED) is 0.0931. The van der Waals surface area contributed by atoms with E-state index in [1.807, 2.05) is 29.0 Å². The van der Waals surface area contributed by atoms with Gasteiger partial charge in [0.05, 0.1) is 12.8 Å². The van der Waals surface area contributed by atoms with Crippen molar-refractivity contribution in [2.24, 2.45) is 5.92 Å². The van der Waals surface area contributed by atoms with E-state index in [2.05, 4.69) is 55.2 Å². The third-order valence-electron chi connectivity index (χ3n) is 9.87. The van der Waals surface area contributed by atoms with E-state index in [4.69, 9.17) is 24.3 Å². The van der Waals surface area contributed by atoms with Gasteiger partial charge in [-0.2, -0.15) is 9.61 Å². The molecule has 13 heteroatoms. The fourth-order valence-corrected chi connectivity index (χ4v) is 8.24. The molecule has 0 spiro atoms. The number of pyridine rings is 1. The van der Waals surface area contributed by atoms with Gasteiger partial charge in [0.15, 0.2) is 5.65 Å². The average Bonchev–Trinajstić information content (AvgIpc) is 3.69. The molecule has 3 aromatic heterocycles. The van der Waals surface area contributed by atoms with E-state index in [0.717, 1.165) is 72.7 Å². The monoisotopic (exact) mass is 694 g/mol. The van der Waals surface area contributed by atoms with Crippen LogP contribution >= 0.6 is 0 Å². The number of aromatic nitrogens is 4. The number of hydrogen-bond acceptors (Lipinski definition) is 8. The molecule has 11 nitrogen and oxygen atoms in total. The number of carboxylic acid groups (broad SMARTS) is 1. The minimum atomic E-state index is -1.26. The predicted octanol–water partition coefficient (Wildman–Crippen LogP) is 7.40. The molecule has 0 radical (unpaired) electrons. The molecule has 3 fully saturated rings. The number of rotatable bonds is 16. The number of fused-ring (bicyclic) bond motifs is 3. The fraction of sp³-hybridized carbons (Fsp3) is 0.657. The van der Waals surface area contributed by atoms with Crippen LogP contribution in [0.15, 0.2) is 30.6 Å². The second-order valence-corrected chi connectivity index (χ2v) is 27.7. The van der Waals surface area contributed by atoms with Gasteiger partial charge in [-0.05, 0) is 62.6 Å². The van der Waals surface area contributed by atoms with E-state index in [9.17, 15) is 9.90 Å². The molecule has 2 aliphatic heterocycles. The lowest BCUT2D eigenvalue weighted by molar-refractivity contribution is 0.0934. The summed E-state index contributed by atoms with van der Waals surface area (Å²) in [5.41, 5.74) is 3.53. The summed E-state index contributed by atoms with van der Waals surface area (Å²) < 4.78 is 20.5. The Hall–Kier alpha value is -3.01. The lowest BCUT2D eigenvalue weighted by atomic mass is 9.88. The molecule has 3 aliphatic rings. The van der Waals surface area contributed by atoms with Crippen LogP contribution in [0.25, 0.3) is 16.8 Å².